The first-order valence-corrected chi connectivity index (χ1v) is 7.65. The third kappa shape index (κ3) is 3.91. The summed E-state index contributed by atoms with van der Waals surface area (Å²) in [5.41, 5.74) is 4.64. The van der Waals surface area contributed by atoms with Crippen molar-refractivity contribution in [1.82, 2.24) is 0 Å². The van der Waals surface area contributed by atoms with Crippen molar-refractivity contribution < 1.29 is 4.74 Å². The molecule has 0 amide bonds. The molecule has 0 aromatic heterocycles. The summed E-state index contributed by atoms with van der Waals surface area (Å²) in [6, 6.07) is 12.6. The number of aryl methyl sites for hydroxylation is 1. The second kappa shape index (κ2) is 6.85. The number of benzene rings is 2. The summed E-state index contributed by atoms with van der Waals surface area (Å²) >= 11 is 3.49. The van der Waals surface area contributed by atoms with Crippen LogP contribution >= 0.6 is 15.9 Å². The number of hydrogen-bond acceptors (Lipinski definition) is 3. The lowest BCUT2D eigenvalue weighted by Crippen LogP contribution is -2.08. The predicted octanol–water partition coefficient (Wildman–Crippen LogP) is 4.44. The van der Waals surface area contributed by atoms with E-state index in [1.165, 1.54) is 11.3 Å². The van der Waals surface area contributed by atoms with E-state index < -0.39 is 0 Å². The van der Waals surface area contributed by atoms with Crippen molar-refractivity contribution in [2.24, 2.45) is 0 Å². The van der Waals surface area contributed by atoms with Crippen LogP contribution in [-0.2, 0) is 6.54 Å². The Kier molecular flexibility index (Phi) is 5.12. The van der Waals surface area contributed by atoms with Gasteiger partial charge in [-0.2, -0.15) is 0 Å². The molecule has 4 heteroatoms. The van der Waals surface area contributed by atoms with Crippen molar-refractivity contribution in [1.29, 1.82) is 0 Å². The highest BCUT2D eigenvalue weighted by Crippen LogP contribution is 2.32. The minimum atomic E-state index is 0.770. The monoisotopic (exact) mass is 348 g/mol. The molecule has 3 nitrogen and oxygen atoms in total. The topological polar surface area (TPSA) is 24.5 Å². The Morgan fingerprint density at radius 1 is 1.14 bits per heavy atom. The maximum absolute atomic E-state index is 5.45. The molecule has 0 aliphatic rings. The van der Waals surface area contributed by atoms with Gasteiger partial charge in [0.05, 0.1) is 12.8 Å². The normalized spacial score (nSPS) is 10.3. The van der Waals surface area contributed by atoms with Crippen molar-refractivity contribution in [3.8, 4) is 5.75 Å². The molecular weight excluding hydrogens is 328 g/mol. The van der Waals surface area contributed by atoms with Gasteiger partial charge < -0.3 is 15.0 Å². The number of rotatable bonds is 5. The molecule has 112 valence electrons. The van der Waals surface area contributed by atoms with Gasteiger partial charge in [-0.3, -0.25) is 0 Å². The second-order valence-corrected chi connectivity index (χ2v) is 6.13. The van der Waals surface area contributed by atoms with E-state index in [4.69, 9.17) is 4.74 Å². The third-order valence-corrected chi connectivity index (χ3v) is 3.86. The van der Waals surface area contributed by atoms with E-state index in [1.807, 2.05) is 20.2 Å². The summed E-state index contributed by atoms with van der Waals surface area (Å²) in [4.78, 5) is 2.10. The minimum absolute atomic E-state index is 0.770. The smallest absolute Gasteiger partial charge is 0.143 e. The molecule has 0 unspecified atom stereocenters. The molecular formula is C17H21BrN2O. The number of halogens is 1. The van der Waals surface area contributed by atoms with Crippen molar-refractivity contribution in [2.75, 3.05) is 31.4 Å². The summed E-state index contributed by atoms with van der Waals surface area (Å²) in [6.45, 7) is 2.84. The Balaban J connectivity index is 2.13. The number of hydrogen-bond donors (Lipinski definition) is 1. The highest BCUT2D eigenvalue weighted by molar-refractivity contribution is 9.10. The minimum Gasteiger partial charge on any atom is -0.495 e. The highest BCUT2D eigenvalue weighted by Gasteiger charge is 2.08. The fourth-order valence-electron chi connectivity index (χ4n) is 2.20. The summed E-state index contributed by atoms with van der Waals surface area (Å²) in [7, 11) is 5.78. The molecule has 0 heterocycles. The second-order valence-electron chi connectivity index (χ2n) is 5.21. The van der Waals surface area contributed by atoms with Gasteiger partial charge in [-0.05, 0) is 42.3 Å². The van der Waals surface area contributed by atoms with E-state index in [0.29, 0.717) is 0 Å². The van der Waals surface area contributed by atoms with Crippen LogP contribution in [0.15, 0.2) is 40.9 Å². The van der Waals surface area contributed by atoms with Crippen molar-refractivity contribution in [2.45, 2.75) is 13.5 Å². The van der Waals surface area contributed by atoms with Crippen LogP contribution in [0.25, 0.3) is 0 Å². The van der Waals surface area contributed by atoms with Crippen LogP contribution in [-0.4, -0.2) is 21.2 Å². The van der Waals surface area contributed by atoms with Crippen LogP contribution in [0.4, 0.5) is 11.4 Å². The quantitative estimate of drug-likeness (QED) is 0.863. The first-order chi connectivity index (χ1) is 10.0. The first-order valence-electron chi connectivity index (χ1n) is 6.85. The van der Waals surface area contributed by atoms with Gasteiger partial charge in [0.2, 0.25) is 0 Å². The number of anilines is 2. The van der Waals surface area contributed by atoms with Crippen LogP contribution in [0.5, 0.6) is 5.75 Å². The fourth-order valence-corrected chi connectivity index (χ4v) is 2.75. The van der Waals surface area contributed by atoms with Gasteiger partial charge in [0.15, 0.2) is 0 Å². The predicted molar refractivity (Wildman–Crippen MR) is 93.5 cm³/mol. The van der Waals surface area contributed by atoms with Crippen LogP contribution in [0.3, 0.4) is 0 Å². The van der Waals surface area contributed by atoms with Gasteiger partial charge in [0.25, 0.3) is 0 Å². The molecule has 1 N–H and O–H groups in total. The van der Waals surface area contributed by atoms with Crippen LogP contribution in [0.2, 0.25) is 0 Å². The average Bonchev–Trinajstić information content (AvgIpc) is 2.46. The first kappa shape index (κ1) is 15.7. The van der Waals surface area contributed by atoms with E-state index >= 15 is 0 Å². The molecule has 2 aromatic rings. The highest BCUT2D eigenvalue weighted by atomic mass is 79.9. The van der Waals surface area contributed by atoms with Crippen LogP contribution in [0, 0.1) is 6.92 Å². The zero-order chi connectivity index (χ0) is 15.4. The Labute approximate surface area is 135 Å². The lowest BCUT2D eigenvalue weighted by Gasteiger charge is -2.16. The SMILES string of the molecule is COc1cc(Br)cc(C)c1NCc1ccc(N(C)C)cc1. The maximum atomic E-state index is 5.45. The van der Waals surface area contributed by atoms with Gasteiger partial charge in [-0.1, -0.05) is 28.1 Å². The average molecular weight is 349 g/mol. The van der Waals surface area contributed by atoms with E-state index in [9.17, 15) is 0 Å². The summed E-state index contributed by atoms with van der Waals surface area (Å²) < 4.78 is 6.47. The van der Waals surface area contributed by atoms with Gasteiger partial charge in [-0.25, -0.2) is 0 Å². The van der Waals surface area contributed by atoms with E-state index in [2.05, 4.69) is 63.4 Å². The molecule has 0 fully saturated rings. The van der Waals surface area contributed by atoms with E-state index in [-0.39, 0.29) is 0 Å². The molecule has 0 saturated heterocycles. The largest absolute Gasteiger partial charge is 0.495 e. The molecule has 0 atom stereocenters. The fraction of sp³-hybridized carbons (Fsp3) is 0.294. The lowest BCUT2D eigenvalue weighted by atomic mass is 10.1. The summed E-state index contributed by atoms with van der Waals surface area (Å²) in [5.74, 6) is 0.854. The molecule has 0 aliphatic carbocycles. The van der Waals surface area contributed by atoms with Gasteiger partial charge >= 0.3 is 0 Å². The summed E-state index contributed by atoms with van der Waals surface area (Å²) in [6.07, 6.45) is 0. The van der Waals surface area contributed by atoms with Crippen molar-refractivity contribution in [3.63, 3.8) is 0 Å². The zero-order valence-corrected chi connectivity index (χ0v) is 14.5. The van der Waals surface area contributed by atoms with Crippen molar-refractivity contribution >= 4 is 27.3 Å². The number of methoxy groups -OCH3 is 1. The van der Waals surface area contributed by atoms with Crippen LogP contribution < -0.4 is 15.0 Å². The molecule has 0 saturated carbocycles. The third-order valence-electron chi connectivity index (χ3n) is 3.41. The molecule has 21 heavy (non-hydrogen) atoms. The molecule has 0 bridgehead atoms. The Morgan fingerprint density at radius 3 is 2.38 bits per heavy atom. The molecule has 2 aromatic carbocycles. The molecule has 2 rings (SSSR count). The molecule has 0 aliphatic heterocycles. The van der Waals surface area contributed by atoms with Gasteiger partial charge in [-0.15, -0.1) is 0 Å². The molecule has 0 radical (unpaired) electrons. The maximum Gasteiger partial charge on any atom is 0.143 e. The lowest BCUT2D eigenvalue weighted by molar-refractivity contribution is 0.416. The zero-order valence-electron chi connectivity index (χ0n) is 12.9. The van der Waals surface area contributed by atoms with E-state index in [1.54, 1.807) is 7.11 Å². The standard InChI is InChI=1S/C17H21BrN2O/c1-12-9-14(18)10-16(21-4)17(12)19-11-13-5-7-15(8-6-13)20(2)3/h5-10,19H,11H2,1-4H3. The Bertz CT molecular complexity index is 609. The van der Waals surface area contributed by atoms with Gasteiger partial charge in [0, 0.05) is 30.8 Å². The Hall–Kier alpha value is -1.68. The number of nitrogens with one attached hydrogen (secondary N) is 1. The number of ether oxygens (including phenoxy) is 1. The summed E-state index contributed by atoms with van der Waals surface area (Å²) in [5, 5.41) is 3.47. The van der Waals surface area contributed by atoms with Gasteiger partial charge in [0.1, 0.15) is 5.75 Å². The molecule has 0 spiro atoms. The van der Waals surface area contributed by atoms with Crippen molar-refractivity contribution in [3.05, 3.63) is 52.0 Å². The Morgan fingerprint density at radius 2 is 1.81 bits per heavy atom. The van der Waals surface area contributed by atoms with E-state index in [0.717, 1.165) is 28.0 Å². The van der Waals surface area contributed by atoms with Crippen LogP contribution in [0.1, 0.15) is 11.1 Å². The number of nitrogens with zero attached hydrogens (tertiary/aromatic N) is 1.